The number of nitrogens with zero attached hydrogens (tertiary/aromatic N) is 1. The molecule has 0 aliphatic heterocycles. The van der Waals surface area contributed by atoms with Crippen LogP contribution < -0.4 is 9.47 Å². The number of ether oxygens (including phenoxy) is 2. The summed E-state index contributed by atoms with van der Waals surface area (Å²) in [6.45, 7) is 6.16. The number of fused-ring (bicyclic) bond motifs is 1. The Morgan fingerprint density at radius 1 is 1.08 bits per heavy atom. The van der Waals surface area contributed by atoms with E-state index < -0.39 is 29.3 Å². The summed E-state index contributed by atoms with van der Waals surface area (Å²) in [5, 5.41) is 16.2. The van der Waals surface area contributed by atoms with E-state index in [9.17, 15) is 13.6 Å². The topological polar surface area (TPSA) is 88.9 Å². The number of aliphatic hydroxyl groups excluding tert-OH is 1. The molecule has 39 heavy (non-hydrogen) atoms. The highest BCUT2D eigenvalue weighted by Crippen LogP contribution is 2.42. The summed E-state index contributed by atoms with van der Waals surface area (Å²) in [6.07, 6.45) is 2.16. The molecule has 6 nitrogen and oxygen atoms in total. The minimum Gasteiger partial charge on any atom is -0.486 e. The van der Waals surface area contributed by atoms with Crippen molar-refractivity contribution in [2.45, 2.75) is 59.0 Å². The monoisotopic (exact) mass is 545 g/mol. The number of rotatable bonds is 8. The Labute approximate surface area is 226 Å². The van der Waals surface area contributed by atoms with Crippen LogP contribution in [0.25, 0.3) is 11.1 Å². The fraction of sp³-hybridized carbons (Fsp3) is 0.400. The van der Waals surface area contributed by atoms with Crippen molar-refractivity contribution in [1.82, 2.24) is 4.98 Å². The Balaban J connectivity index is 0.00000205. The normalized spacial score (nSPS) is 14.3. The smallest absolute Gasteiger partial charge is 0.303 e. The maximum Gasteiger partial charge on any atom is 0.303 e. The Morgan fingerprint density at radius 2 is 1.79 bits per heavy atom. The molecule has 2 aromatic carbocycles. The molecular weight excluding hydrogens is 511 g/mol. The second-order valence-electron chi connectivity index (χ2n) is 10.6. The standard InChI is InChI=1S/C29H30F3NO4.CH4O/c1-29(2,3)13-18-9-16(5-7-19(18)21-11-25(36-4)33-14-23(21)31)15-37-24-12-22(30)20-8-6-17(10-26(34)35)27(20)28(24)32;1-2/h5,7,9,11-12,14,17H,6,8,10,13,15H2,1-4H3,(H,34,35);2H,1H3. The van der Waals surface area contributed by atoms with Crippen LogP contribution in [0.5, 0.6) is 11.6 Å². The lowest BCUT2D eigenvalue weighted by atomic mass is 9.84. The van der Waals surface area contributed by atoms with Crippen LogP contribution in [0, 0.1) is 22.9 Å². The molecule has 0 saturated heterocycles. The van der Waals surface area contributed by atoms with Crippen LogP contribution in [0.3, 0.4) is 0 Å². The highest BCUT2D eigenvalue weighted by molar-refractivity contribution is 5.70. The third-order valence-electron chi connectivity index (χ3n) is 6.51. The van der Waals surface area contributed by atoms with Gasteiger partial charge in [-0.3, -0.25) is 4.79 Å². The Morgan fingerprint density at radius 3 is 2.44 bits per heavy atom. The second kappa shape index (κ2) is 12.5. The summed E-state index contributed by atoms with van der Waals surface area (Å²) in [5.74, 6) is -3.38. The van der Waals surface area contributed by atoms with Crippen LogP contribution in [0.2, 0.25) is 0 Å². The van der Waals surface area contributed by atoms with Gasteiger partial charge in [0.05, 0.1) is 19.7 Å². The van der Waals surface area contributed by atoms with E-state index in [0.717, 1.165) is 24.9 Å². The third-order valence-corrected chi connectivity index (χ3v) is 6.51. The van der Waals surface area contributed by atoms with Crippen molar-refractivity contribution < 1.29 is 37.7 Å². The predicted molar refractivity (Wildman–Crippen MR) is 141 cm³/mol. The first-order valence-corrected chi connectivity index (χ1v) is 12.6. The van der Waals surface area contributed by atoms with E-state index >= 15 is 4.39 Å². The molecule has 1 heterocycles. The van der Waals surface area contributed by atoms with E-state index in [2.05, 4.69) is 25.8 Å². The van der Waals surface area contributed by atoms with E-state index in [1.807, 2.05) is 6.07 Å². The van der Waals surface area contributed by atoms with E-state index in [1.165, 1.54) is 7.11 Å². The number of benzene rings is 2. The van der Waals surface area contributed by atoms with Gasteiger partial charge in [-0.05, 0) is 52.8 Å². The highest BCUT2D eigenvalue weighted by Gasteiger charge is 2.32. The molecule has 0 amide bonds. The lowest BCUT2D eigenvalue weighted by Gasteiger charge is -2.22. The van der Waals surface area contributed by atoms with Gasteiger partial charge in [-0.15, -0.1) is 0 Å². The average molecular weight is 546 g/mol. The fourth-order valence-corrected chi connectivity index (χ4v) is 4.94. The number of pyridine rings is 1. The van der Waals surface area contributed by atoms with Gasteiger partial charge in [-0.2, -0.15) is 0 Å². The molecule has 1 unspecified atom stereocenters. The molecule has 2 N–H and O–H groups in total. The van der Waals surface area contributed by atoms with Gasteiger partial charge in [0.1, 0.15) is 18.2 Å². The van der Waals surface area contributed by atoms with Crippen LogP contribution in [0.1, 0.15) is 61.8 Å². The van der Waals surface area contributed by atoms with E-state index in [-0.39, 0.29) is 35.3 Å². The summed E-state index contributed by atoms with van der Waals surface area (Å²) in [4.78, 5) is 15.1. The molecule has 1 aromatic heterocycles. The number of aromatic nitrogens is 1. The van der Waals surface area contributed by atoms with Gasteiger partial charge in [0.15, 0.2) is 11.6 Å². The van der Waals surface area contributed by atoms with E-state index in [4.69, 9.17) is 19.7 Å². The highest BCUT2D eigenvalue weighted by atomic mass is 19.1. The van der Waals surface area contributed by atoms with Gasteiger partial charge in [0.25, 0.3) is 0 Å². The van der Waals surface area contributed by atoms with Crippen LogP contribution in [0.4, 0.5) is 13.2 Å². The SMILES string of the molecule is CO.COc1cc(-c2ccc(COc3cc(F)c4c(c3F)C(CC(=O)O)CC4)cc2CC(C)(C)C)c(F)cn1. The molecule has 1 atom stereocenters. The van der Waals surface area contributed by atoms with Crippen LogP contribution >= 0.6 is 0 Å². The number of aliphatic hydroxyl groups is 1. The van der Waals surface area contributed by atoms with Crippen molar-refractivity contribution >= 4 is 5.97 Å². The number of hydrogen-bond acceptors (Lipinski definition) is 5. The predicted octanol–water partition coefficient (Wildman–Crippen LogP) is 6.46. The molecule has 0 fully saturated rings. The number of aliphatic carboxylic acids is 1. The molecule has 4 rings (SSSR count). The van der Waals surface area contributed by atoms with Gasteiger partial charge < -0.3 is 19.7 Å². The quantitative estimate of drug-likeness (QED) is 0.338. The maximum absolute atomic E-state index is 15.3. The number of carbonyl (C=O) groups is 1. The van der Waals surface area contributed by atoms with E-state index in [0.29, 0.717) is 41.8 Å². The number of carboxylic acids is 1. The lowest BCUT2D eigenvalue weighted by Crippen LogP contribution is -2.11. The third kappa shape index (κ3) is 7.09. The van der Waals surface area contributed by atoms with E-state index in [1.54, 1.807) is 18.2 Å². The van der Waals surface area contributed by atoms with Crippen molar-refractivity contribution in [3.63, 3.8) is 0 Å². The van der Waals surface area contributed by atoms with Crippen LogP contribution in [-0.2, 0) is 24.2 Å². The lowest BCUT2D eigenvalue weighted by molar-refractivity contribution is -0.137. The molecule has 210 valence electrons. The molecule has 1 aliphatic rings. The molecule has 9 heteroatoms. The first-order valence-electron chi connectivity index (χ1n) is 12.6. The number of carboxylic acid groups (broad SMARTS) is 1. The average Bonchev–Trinajstić information content (AvgIpc) is 3.30. The van der Waals surface area contributed by atoms with Gasteiger partial charge in [-0.1, -0.05) is 39.0 Å². The molecule has 0 bridgehead atoms. The number of hydrogen-bond donors (Lipinski definition) is 2. The Kier molecular flexibility index (Phi) is 9.61. The molecular formula is C30H34F3NO5. The molecule has 0 radical (unpaired) electrons. The second-order valence-corrected chi connectivity index (χ2v) is 10.6. The van der Waals surface area contributed by atoms with Crippen LogP contribution in [-0.4, -0.2) is 35.4 Å². The zero-order valence-electron chi connectivity index (χ0n) is 22.8. The fourth-order valence-electron chi connectivity index (χ4n) is 4.94. The summed E-state index contributed by atoms with van der Waals surface area (Å²) in [7, 11) is 2.46. The minimum atomic E-state index is -1.06. The van der Waals surface area contributed by atoms with Gasteiger partial charge in [0.2, 0.25) is 5.88 Å². The first kappa shape index (κ1) is 30.0. The zero-order valence-corrected chi connectivity index (χ0v) is 22.8. The van der Waals surface area contributed by atoms with Gasteiger partial charge >= 0.3 is 5.97 Å². The molecule has 0 saturated carbocycles. The number of methoxy groups -OCH3 is 1. The zero-order chi connectivity index (χ0) is 28.9. The van der Waals surface area contributed by atoms with Crippen LogP contribution in [0.15, 0.2) is 36.5 Å². The maximum atomic E-state index is 15.3. The summed E-state index contributed by atoms with van der Waals surface area (Å²) in [6, 6.07) is 7.98. The molecule has 3 aromatic rings. The Hall–Kier alpha value is -3.59. The Bertz CT molecular complexity index is 1340. The molecule has 0 spiro atoms. The van der Waals surface area contributed by atoms with Crippen molar-refractivity contribution in [3.8, 4) is 22.8 Å². The van der Waals surface area contributed by atoms with Crippen molar-refractivity contribution in [1.29, 1.82) is 0 Å². The summed E-state index contributed by atoms with van der Waals surface area (Å²) < 4.78 is 55.6. The van der Waals surface area contributed by atoms with Gasteiger partial charge in [-0.25, -0.2) is 18.2 Å². The summed E-state index contributed by atoms with van der Waals surface area (Å²) >= 11 is 0. The van der Waals surface area contributed by atoms with Crippen molar-refractivity contribution in [3.05, 3.63) is 76.2 Å². The largest absolute Gasteiger partial charge is 0.486 e. The first-order chi connectivity index (χ1) is 18.5. The van der Waals surface area contributed by atoms with Gasteiger partial charge in [0, 0.05) is 30.4 Å². The minimum absolute atomic E-state index is 0.0433. The molecule has 1 aliphatic carbocycles. The number of halogens is 3. The van der Waals surface area contributed by atoms with Crippen molar-refractivity contribution in [2.24, 2.45) is 5.41 Å². The van der Waals surface area contributed by atoms with Crippen molar-refractivity contribution in [2.75, 3.05) is 14.2 Å². The summed E-state index contributed by atoms with van der Waals surface area (Å²) in [5.41, 5.74) is 2.81.